The number of nitrogens with one attached hydrogen (secondary N) is 1. The number of anilines is 1. The number of rotatable bonds is 15. The first-order valence-corrected chi connectivity index (χ1v) is 13.9. The van der Waals surface area contributed by atoms with Crippen LogP contribution in [-0.4, -0.2) is 90.4 Å². The number of aliphatic hydroxyl groups is 1. The van der Waals surface area contributed by atoms with E-state index in [1.165, 1.54) is 0 Å². The Morgan fingerprint density at radius 2 is 1.77 bits per heavy atom. The van der Waals surface area contributed by atoms with Crippen molar-refractivity contribution in [3.8, 4) is 5.75 Å². The van der Waals surface area contributed by atoms with E-state index in [-0.39, 0.29) is 18.3 Å². The quantitative estimate of drug-likeness (QED) is 0.259. The van der Waals surface area contributed by atoms with E-state index in [4.69, 9.17) is 28.4 Å². The van der Waals surface area contributed by atoms with Gasteiger partial charge < -0.3 is 43.7 Å². The van der Waals surface area contributed by atoms with Crippen LogP contribution in [0.3, 0.4) is 0 Å². The van der Waals surface area contributed by atoms with E-state index in [9.17, 15) is 5.11 Å². The molecule has 0 bridgehead atoms. The third-order valence-corrected chi connectivity index (χ3v) is 7.23. The van der Waals surface area contributed by atoms with Crippen molar-refractivity contribution in [3.63, 3.8) is 0 Å². The molecular formula is C30H44N2O7. The van der Waals surface area contributed by atoms with Gasteiger partial charge in [0.2, 0.25) is 0 Å². The van der Waals surface area contributed by atoms with Crippen molar-refractivity contribution in [2.75, 3.05) is 71.7 Å². The number of nitrogens with zero attached hydrogens (tertiary/aromatic N) is 1. The second-order valence-electron chi connectivity index (χ2n) is 10.1. The second kappa shape index (κ2) is 15.5. The molecule has 4 atom stereocenters. The lowest BCUT2D eigenvalue weighted by molar-refractivity contribution is -0.144. The highest BCUT2D eigenvalue weighted by Gasteiger charge is 2.34. The zero-order chi connectivity index (χ0) is 27.5. The molecule has 2 aliphatic heterocycles. The SMILES string of the molecule is COCCCN1CCOc2ccc(CO[C@H]3CNC[C@@H](O)[C@@H]3c3ccc(COC(C)OCCOC)cc3)cc21. The smallest absolute Gasteiger partial charge is 0.155 e. The fraction of sp³-hybridized carbons (Fsp3) is 0.600. The van der Waals surface area contributed by atoms with Crippen LogP contribution in [0, 0.1) is 0 Å². The van der Waals surface area contributed by atoms with Gasteiger partial charge in [0.1, 0.15) is 12.4 Å². The summed E-state index contributed by atoms with van der Waals surface area (Å²) < 4.78 is 33.9. The van der Waals surface area contributed by atoms with Crippen LogP contribution in [-0.2, 0) is 36.9 Å². The minimum atomic E-state index is -0.534. The minimum Gasteiger partial charge on any atom is -0.490 e. The van der Waals surface area contributed by atoms with Gasteiger partial charge in [0.05, 0.1) is 50.9 Å². The summed E-state index contributed by atoms with van der Waals surface area (Å²) >= 11 is 0. The molecule has 0 saturated carbocycles. The first kappa shape index (κ1) is 29.7. The lowest BCUT2D eigenvalue weighted by Crippen LogP contribution is -2.49. The Labute approximate surface area is 232 Å². The molecule has 9 heteroatoms. The molecule has 4 rings (SSSR count). The third kappa shape index (κ3) is 8.62. The molecule has 9 nitrogen and oxygen atoms in total. The highest BCUT2D eigenvalue weighted by atomic mass is 16.7. The van der Waals surface area contributed by atoms with Gasteiger partial charge in [0, 0.05) is 46.4 Å². The monoisotopic (exact) mass is 544 g/mol. The maximum absolute atomic E-state index is 10.9. The molecule has 39 heavy (non-hydrogen) atoms. The Bertz CT molecular complexity index is 990. The van der Waals surface area contributed by atoms with Gasteiger partial charge in [-0.15, -0.1) is 0 Å². The number of benzene rings is 2. The van der Waals surface area contributed by atoms with Crippen molar-refractivity contribution < 1.29 is 33.5 Å². The standard InChI is InChI=1S/C30H44N2O7/c1-22(36-16-15-35-3)38-20-23-5-8-25(9-6-23)30-27(33)18-31-19-29(30)39-21-24-7-10-28-26(17-24)32(12-14-37-28)11-4-13-34-2/h5-10,17,22,27,29-31,33H,4,11-16,18-21H2,1-3H3/t22?,27-,29+,30+/m1/s1. The first-order valence-electron chi connectivity index (χ1n) is 13.9. The van der Waals surface area contributed by atoms with Crippen LogP contribution in [0.25, 0.3) is 0 Å². The van der Waals surface area contributed by atoms with Gasteiger partial charge in [-0.25, -0.2) is 0 Å². The summed E-state index contributed by atoms with van der Waals surface area (Å²) in [4.78, 5) is 2.35. The van der Waals surface area contributed by atoms with Crippen molar-refractivity contribution in [1.29, 1.82) is 0 Å². The Morgan fingerprint density at radius 3 is 2.56 bits per heavy atom. The fourth-order valence-electron chi connectivity index (χ4n) is 5.11. The number of hydrogen-bond donors (Lipinski definition) is 2. The number of methoxy groups -OCH3 is 2. The van der Waals surface area contributed by atoms with Crippen molar-refractivity contribution in [1.82, 2.24) is 5.32 Å². The fourth-order valence-corrected chi connectivity index (χ4v) is 5.11. The molecule has 0 aromatic heterocycles. The van der Waals surface area contributed by atoms with Crippen LogP contribution in [0.2, 0.25) is 0 Å². The second-order valence-corrected chi connectivity index (χ2v) is 10.1. The Hall–Kier alpha value is -2.24. The summed E-state index contributed by atoms with van der Waals surface area (Å²) in [6.45, 7) is 8.27. The molecule has 2 aliphatic rings. The number of fused-ring (bicyclic) bond motifs is 1. The lowest BCUT2D eigenvalue weighted by atomic mass is 9.85. The van der Waals surface area contributed by atoms with Crippen LogP contribution in [0.4, 0.5) is 5.69 Å². The lowest BCUT2D eigenvalue weighted by Gasteiger charge is -2.36. The van der Waals surface area contributed by atoms with Crippen LogP contribution in [0.1, 0.15) is 36.0 Å². The van der Waals surface area contributed by atoms with E-state index in [2.05, 4.69) is 34.5 Å². The van der Waals surface area contributed by atoms with Gasteiger partial charge in [-0.2, -0.15) is 0 Å². The van der Waals surface area contributed by atoms with E-state index in [0.717, 1.165) is 54.2 Å². The van der Waals surface area contributed by atoms with E-state index in [0.29, 0.717) is 46.1 Å². The minimum absolute atomic E-state index is 0.121. The van der Waals surface area contributed by atoms with Gasteiger partial charge in [-0.05, 0) is 42.2 Å². The molecule has 0 amide bonds. The van der Waals surface area contributed by atoms with Crippen LogP contribution < -0.4 is 15.0 Å². The number of piperidine rings is 1. The molecular weight excluding hydrogens is 500 g/mol. The van der Waals surface area contributed by atoms with E-state index >= 15 is 0 Å². The topological polar surface area (TPSA) is 90.9 Å². The zero-order valence-electron chi connectivity index (χ0n) is 23.5. The molecule has 1 fully saturated rings. The predicted molar refractivity (Wildman–Crippen MR) is 149 cm³/mol. The van der Waals surface area contributed by atoms with Gasteiger partial charge in [-0.1, -0.05) is 30.3 Å². The number of ether oxygens (including phenoxy) is 6. The average Bonchev–Trinajstić information content (AvgIpc) is 2.96. The molecule has 2 aromatic carbocycles. The molecule has 0 radical (unpaired) electrons. The summed E-state index contributed by atoms with van der Waals surface area (Å²) in [6, 6.07) is 14.5. The molecule has 1 saturated heterocycles. The number of hydrogen-bond acceptors (Lipinski definition) is 9. The van der Waals surface area contributed by atoms with Gasteiger partial charge in [-0.3, -0.25) is 0 Å². The van der Waals surface area contributed by atoms with Crippen molar-refractivity contribution in [2.24, 2.45) is 0 Å². The third-order valence-electron chi connectivity index (χ3n) is 7.23. The van der Waals surface area contributed by atoms with Crippen LogP contribution >= 0.6 is 0 Å². The number of β-amino-alcohol motifs (C(OH)–C–C–N with tert-alkyl or cyclic N) is 1. The van der Waals surface area contributed by atoms with Crippen molar-refractivity contribution in [3.05, 3.63) is 59.2 Å². The highest BCUT2D eigenvalue weighted by Crippen LogP contribution is 2.34. The zero-order valence-corrected chi connectivity index (χ0v) is 23.5. The molecule has 0 spiro atoms. The first-order chi connectivity index (χ1) is 19.1. The Balaban J connectivity index is 1.35. The average molecular weight is 545 g/mol. The molecule has 1 unspecified atom stereocenters. The maximum atomic E-state index is 10.9. The van der Waals surface area contributed by atoms with Gasteiger partial charge in [0.15, 0.2) is 6.29 Å². The molecule has 2 heterocycles. The number of aliphatic hydroxyl groups excluding tert-OH is 1. The van der Waals surface area contributed by atoms with Gasteiger partial charge >= 0.3 is 0 Å². The predicted octanol–water partition coefficient (Wildman–Crippen LogP) is 3.08. The normalized spacial score (nSPS) is 21.8. The summed E-state index contributed by atoms with van der Waals surface area (Å²) in [5, 5.41) is 14.2. The van der Waals surface area contributed by atoms with Crippen molar-refractivity contribution >= 4 is 5.69 Å². The summed E-state index contributed by atoms with van der Waals surface area (Å²) in [7, 11) is 3.38. The summed E-state index contributed by atoms with van der Waals surface area (Å²) in [5.74, 6) is 0.791. The van der Waals surface area contributed by atoms with Crippen molar-refractivity contribution in [2.45, 2.75) is 51.0 Å². The molecule has 2 N–H and O–H groups in total. The van der Waals surface area contributed by atoms with E-state index < -0.39 is 6.10 Å². The molecule has 0 aliphatic carbocycles. The Morgan fingerprint density at radius 1 is 0.974 bits per heavy atom. The van der Waals surface area contributed by atoms with E-state index in [1.807, 2.05) is 25.1 Å². The van der Waals surface area contributed by atoms with E-state index in [1.54, 1.807) is 14.2 Å². The van der Waals surface area contributed by atoms with Gasteiger partial charge in [0.25, 0.3) is 0 Å². The van der Waals surface area contributed by atoms with Crippen LogP contribution in [0.5, 0.6) is 5.75 Å². The largest absolute Gasteiger partial charge is 0.490 e. The summed E-state index contributed by atoms with van der Waals surface area (Å²) in [5.41, 5.74) is 4.30. The Kier molecular flexibility index (Phi) is 11.8. The highest BCUT2D eigenvalue weighted by molar-refractivity contribution is 5.61. The molecule has 216 valence electrons. The maximum Gasteiger partial charge on any atom is 0.155 e. The van der Waals surface area contributed by atoms with Crippen LogP contribution in [0.15, 0.2) is 42.5 Å². The summed E-state index contributed by atoms with van der Waals surface area (Å²) in [6.07, 6.45) is -0.0318. The molecule has 2 aromatic rings.